The van der Waals surface area contributed by atoms with Crippen LogP contribution in [0.5, 0.6) is 0 Å². The highest BCUT2D eigenvalue weighted by Gasteiger charge is 2.24. The summed E-state index contributed by atoms with van der Waals surface area (Å²) >= 11 is 1.59. The topological polar surface area (TPSA) is 20.3 Å². The third kappa shape index (κ3) is 4.15. The van der Waals surface area contributed by atoms with Crippen molar-refractivity contribution < 1.29 is 13.6 Å². The zero-order valence-corrected chi connectivity index (χ0v) is 14.1. The SMILES string of the molecule is O=C(Cc1ccccc1)N1CCSC(c2cc(F)ccc2F)CC1. The van der Waals surface area contributed by atoms with Crippen LogP contribution in [0.2, 0.25) is 0 Å². The number of nitrogens with zero attached hydrogens (tertiary/aromatic N) is 1. The molecule has 0 N–H and O–H groups in total. The van der Waals surface area contributed by atoms with Crippen LogP contribution in [0.4, 0.5) is 8.78 Å². The number of carbonyl (C=O) groups excluding carboxylic acids is 1. The Morgan fingerprint density at radius 1 is 1.12 bits per heavy atom. The molecule has 24 heavy (non-hydrogen) atoms. The summed E-state index contributed by atoms with van der Waals surface area (Å²) in [4.78, 5) is 14.3. The Labute approximate surface area is 144 Å². The molecular weight excluding hydrogens is 328 g/mol. The van der Waals surface area contributed by atoms with Gasteiger partial charge in [-0.05, 0) is 30.2 Å². The molecule has 1 aliphatic rings. The first-order chi connectivity index (χ1) is 11.6. The average Bonchev–Trinajstić information content (AvgIpc) is 2.84. The lowest BCUT2D eigenvalue weighted by atomic mass is 10.1. The van der Waals surface area contributed by atoms with Crippen LogP contribution in [0.1, 0.15) is 22.8 Å². The van der Waals surface area contributed by atoms with Crippen molar-refractivity contribution in [2.75, 3.05) is 18.8 Å². The molecule has 1 saturated heterocycles. The van der Waals surface area contributed by atoms with E-state index in [2.05, 4.69) is 0 Å². The Morgan fingerprint density at radius 3 is 2.71 bits per heavy atom. The lowest BCUT2D eigenvalue weighted by Crippen LogP contribution is -2.34. The van der Waals surface area contributed by atoms with E-state index in [1.807, 2.05) is 35.2 Å². The van der Waals surface area contributed by atoms with Crippen LogP contribution < -0.4 is 0 Å². The Bertz CT molecular complexity index is 708. The third-order valence-corrected chi connectivity index (χ3v) is 5.51. The molecular formula is C19H19F2NOS. The molecule has 1 unspecified atom stereocenters. The van der Waals surface area contributed by atoms with E-state index in [0.29, 0.717) is 31.5 Å². The summed E-state index contributed by atoms with van der Waals surface area (Å²) < 4.78 is 27.4. The largest absolute Gasteiger partial charge is 0.342 e. The molecule has 126 valence electrons. The molecule has 1 heterocycles. The zero-order valence-electron chi connectivity index (χ0n) is 13.3. The summed E-state index contributed by atoms with van der Waals surface area (Å²) in [5, 5.41) is -0.116. The Morgan fingerprint density at radius 2 is 1.92 bits per heavy atom. The second-order valence-electron chi connectivity index (χ2n) is 5.86. The highest BCUT2D eigenvalue weighted by Crippen LogP contribution is 2.36. The summed E-state index contributed by atoms with van der Waals surface area (Å²) in [7, 11) is 0. The molecule has 3 rings (SSSR count). The molecule has 1 fully saturated rings. The predicted molar refractivity (Wildman–Crippen MR) is 92.9 cm³/mol. The van der Waals surface area contributed by atoms with Gasteiger partial charge in [0.1, 0.15) is 11.6 Å². The second kappa shape index (κ2) is 7.79. The number of hydrogen-bond donors (Lipinski definition) is 0. The number of thioether (sulfide) groups is 1. The molecule has 1 aliphatic heterocycles. The molecule has 0 aliphatic carbocycles. The molecule has 0 aromatic heterocycles. The molecule has 0 saturated carbocycles. The summed E-state index contributed by atoms with van der Waals surface area (Å²) in [5.74, 6) is 0.00890. The quantitative estimate of drug-likeness (QED) is 0.829. The lowest BCUT2D eigenvalue weighted by molar-refractivity contribution is -0.130. The van der Waals surface area contributed by atoms with E-state index in [0.717, 1.165) is 17.4 Å². The molecule has 1 atom stereocenters. The molecule has 0 spiro atoms. The van der Waals surface area contributed by atoms with E-state index >= 15 is 0 Å². The average molecular weight is 347 g/mol. The predicted octanol–water partition coefficient (Wildman–Crippen LogP) is 4.21. The number of benzene rings is 2. The van der Waals surface area contributed by atoms with E-state index in [-0.39, 0.29) is 17.0 Å². The van der Waals surface area contributed by atoms with Crippen molar-refractivity contribution in [2.24, 2.45) is 0 Å². The van der Waals surface area contributed by atoms with Crippen molar-refractivity contribution in [2.45, 2.75) is 18.1 Å². The Kier molecular flexibility index (Phi) is 5.51. The van der Waals surface area contributed by atoms with Crippen molar-refractivity contribution in [3.05, 3.63) is 71.3 Å². The molecule has 2 aromatic rings. The lowest BCUT2D eigenvalue weighted by Gasteiger charge is -2.20. The van der Waals surface area contributed by atoms with Gasteiger partial charge >= 0.3 is 0 Å². The van der Waals surface area contributed by atoms with Crippen LogP contribution in [0, 0.1) is 11.6 Å². The van der Waals surface area contributed by atoms with Crippen molar-refractivity contribution in [3.63, 3.8) is 0 Å². The molecule has 0 bridgehead atoms. The molecule has 1 amide bonds. The maximum atomic E-state index is 14.0. The Hall–Kier alpha value is -1.88. The summed E-state index contributed by atoms with van der Waals surface area (Å²) in [6.45, 7) is 1.21. The molecule has 2 aromatic carbocycles. The van der Waals surface area contributed by atoms with Crippen molar-refractivity contribution in [1.29, 1.82) is 0 Å². The van der Waals surface area contributed by atoms with Crippen LogP contribution in [0.25, 0.3) is 0 Å². The van der Waals surface area contributed by atoms with Gasteiger partial charge in [0.25, 0.3) is 0 Å². The van der Waals surface area contributed by atoms with Gasteiger partial charge in [0.2, 0.25) is 5.91 Å². The second-order valence-corrected chi connectivity index (χ2v) is 7.17. The first-order valence-corrected chi connectivity index (χ1v) is 9.06. The standard InChI is InChI=1S/C19H19F2NOS/c20-15-6-7-17(21)16(13-15)18-8-9-22(10-11-24-18)19(23)12-14-4-2-1-3-5-14/h1-7,13,18H,8-12H2. The van der Waals surface area contributed by atoms with Crippen LogP contribution >= 0.6 is 11.8 Å². The fourth-order valence-electron chi connectivity index (χ4n) is 2.91. The molecule has 0 radical (unpaired) electrons. The number of amides is 1. The third-order valence-electron chi connectivity index (χ3n) is 4.20. The highest BCUT2D eigenvalue weighted by atomic mass is 32.2. The van der Waals surface area contributed by atoms with Crippen molar-refractivity contribution in [3.8, 4) is 0 Å². The van der Waals surface area contributed by atoms with Crippen LogP contribution in [-0.2, 0) is 11.2 Å². The van der Waals surface area contributed by atoms with Gasteiger partial charge in [0.15, 0.2) is 0 Å². The molecule has 2 nitrogen and oxygen atoms in total. The van der Waals surface area contributed by atoms with Gasteiger partial charge in [-0.3, -0.25) is 4.79 Å². The minimum Gasteiger partial charge on any atom is -0.342 e. The van der Waals surface area contributed by atoms with Gasteiger partial charge in [0, 0.05) is 29.7 Å². The van der Waals surface area contributed by atoms with Crippen LogP contribution in [0.3, 0.4) is 0 Å². The highest BCUT2D eigenvalue weighted by molar-refractivity contribution is 7.99. The number of halogens is 2. The summed E-state index contributed by atoms with van der Waals surface area (Å²) in [6.07, 6.45) is 1.01. The van der Waals surface area contributed by atoms with E-state index < -0.39 is 5.82 Å². The normalized spacial score (nSPS) is 18.2. The fourth-order valence-corrected chi connectivity index (χ4v) is 4.15. The minimum atomic E-state index is -0.423. The monoisotopic (exact) mass is 347 g/mol. The van der Waals surface area contributed by atoms with Gasteiger partial charge in [-0.1, -0.05) is 30.3 Å². The summed E-state index contributed by atoms with van der Waals surface area (Å²) in [5.41, 5.74) is 1.39. The number of hydrogen-bond acceptors (Lipinski definition) is 2. The van der Waals surface area contributed by atoms with E-state index in [1.165, 1.54) is 12.1 Å². The van der Waals surface area contributed by atoms with Crippen molar-refractivity contribution >= 4 is 17.7 Å². The maximum absolute atomic E-state index is 14.0. The van der Waals surface area contributed by atoms with Gasteiger partial charge in [-0.2, -0.15) is 11.8 Å². The van der Waals surface area contributed by atoms with E-state index in [4.69, 9.17) is 0 Å². The van der Waals surface area contributed by atoms with Gasteiger partial charge in [-0.25, -0.2) is 8.78 Å². The van der Waals surface area contributed by atoms with E-state index in [1.54, 1.807) is 11.8 Å². The van der Waals surface area contributed by atoms with Crippen molar-refractivity contribution in [1.82, 2.24) is 4.90 Å². The molecule has 5 heteroatoms. The van der Waals surface area contributed by atoms with E-state index in [9.17, 15) is 13.6 Å². The smallest absolute Gasteiger partial charge is 0.227 e. The number of rotatable bonds is 3. The minimum absolute atomic E-state index is 0.0853. The zero-order chi connectivity index (χ0) is 16.9. The van der Waals surface area contributed by atoms with Gasteiger partial charge < -0.3 is 4.90 Å². The van der Waals surface area contributed by atoms with Gasteiger partial charge in [0.05, 0.1) is 6.42 Å². The first-order valence-electron chi connectivity index (χ1n) is 8.02. The van der Waals surface area contributed by atoms with Crippen LogP contribution in [0.15, 0.2) is 48.5 Å². The maximum Gasteiger partial charge on any atom is 0.227 e. The first kappa shape index (κ1) is 17.0. The fraction of sp³-hybridized carbons (Fsp3) is 0.316. The van der Waals surface area contributed by atoms with Crippen LogP contribution in [-0.4, -0.2) is 29.6 Å². The van der Waals surface area contributed by atoms with Gasteiger partial charge in [-0.15, -0.1) is 0 Å². The number of carbonyl (C=O) groups is 1. The summed E-state index contributed by atoms with van der Waals surface area (Å²) in [6, 6.07) is 13.2. The Balaban J connectivity index is 1.64.